The van der Waals surface area contributed by atoms with Crippen molar-refractivity contribution in [2.24, 2.45) is 5.41 Å². The Kier molecular flexibility index (Phi) is 4.34. The number of hydrogen-bond donors (Lipinski definition) is 1. The molecule has 2 rings (SSSR count). The van der Waals surface area contributed by atoms with Crippen molar-refractivity contribution in [3.8, 4) is 6.07 Å². The number of Topliss-reactive ketones (excluding diaryl/α,β-unsaturated/α-hetero) is 1. The third kappa shape index (κ3) is 3.26. The molecule has 1 unspecified atom stereocenters. The molecule has 4 nitrogen and oxygen atoms in total. The van der Waals surface area contributed by atoms with Crippen molar-refractivity contribution >= 4 is 17.3 Å². The fourth-order valence-corrected chi connectivity index (χ4v) is 2.28. The van der Waals surface area contributed by atoms with Gasteiger partial charge in [0.1, 0.15) is 5.41 Å². The van der Waals surface area contributed by atoms with E-state index >= 15 is 0 Å². The number of carbonyl (C=O) groups is 2. The first-order chi connectivity index (χ1) is 10.1. The lowest BCUT2D eigenvalue weighted by atomic mass is 9.75. The van der Waals surface area contributed by atoms with Crippen molar-refractivity contribution in [1.29, 1.82) is 5.26 Å². The number of carboxylic acids is 1. The zero-order chi connectivity index (χ0) is 15.3. The molecule has 0 bridgehead atoms. The van der Waals surface area contributed by atoms with Gasteiger partial charge in [-0.3, -0.25) is 9.59 Å². The Hall–Kier alpha value is -2.67. The Balaban J connectivity index is 2.15. The summed E-state index contributed by atoms with van der Waals surface area (Å²) in [5, 5.41) is 18.0. The maximum atomic E-state index is 12.1. The summed E-state index contributed by atoms with van der Waals surface area (Å²) in [6.45, 7) is 0. The van der Waals surface area contributed by atoms with Crippen molar-refractivity contribution in [3.63, 3.8) is 0 Å². The first-order valence-electron chi connectivity index (χ1n) is 6.68. The van der Waals surface area contributed by atoms with Gasteiger partial charge in [-0.25, -0.2) is 0 Å². The monoisotopic (exact) mass is 281 g/mol. The first-order valence-corrected chi connectivity index (χ1v) is 6.68. The molecule has 0 heterocycles. The van der Waals surface area contributed by atoms with Crippen molar-refractivity contribution in [2.45, 2.75) is 19.3 Å². The molecular weight excluding hydrogens is 266 g/mol. The summed E-state index contributed by atoms with van der Waals surface area (Å²) in [7, 11) is 0. The van der Waals surface area contributed by atoms with Gasteiger partial charge in [-0.15, -0.1) is 0 Å². The second kappa shape index (κ2) is 6.19. The highest BCUT2D eigenvalue weighted by Gasteiger charge is 2.36. The summed E-state index contributed by atoms with van der Waals surface area (Å²) in [5.74, 6) is -1.37. The summed E-state index contributed by atoms with van der Waals surface area (Å²) in [5.41, 5.74) is 0.763. The minimum atomic E-state index is -1.23. The van der Waals surface area contributed by atoms with Crippen LogP contribution in [0.4, 0.5) is 0 Å². The number of allylic oxidation sites excluding steroid dienone is 4. The highest BCUT2D eigenvalue weighted by Crippen LogP contribution is 2.34. The number of nitrogens with zero attached hydrogens (tertiary/aromatic N) is 1. The van der Waals surface area contributed by atoms with Crippen molar-refractivity contribution in [1.82, 2.24) is 0 Å². The van der Waals surface area contributed by atoms with Crippen molar-refractivity contribution < 1.29 is 14.7 Å². The number of hydrogen-bond acceptors (Lipinski definition) is 3. The maximum Gasteiger partial charge on any atom is 0.303 e. The SMILES string of the molecule is N#CC1(C(=O)CCC(=O)O)C=CC(c2ccccc2)=CC1. The summed E-state index contributed by atoms with van der Waals surface area (Å²) in [4.78, 5) is 22.7. The van der Waals surface area contributed by atoms with Gasteiger partial charge in [0, 0.05) is 6.42 Å². The lowest BCUT2D eigenvalue weighted by Gasteiger charge is -2.23. The van der Waals surface area contributed by atoms with E-state index < -0.39 is 11.4 Å². The number of nitriles is 1. The predicted octanol–water partition coefficient (Wildman–Crippen LogP) is 2.97. The lowest BCUT2D eigenvalue weighted by molar-refractivity contribution is -0.139. The maximum absolute atomic E-state index is 12.1. The van der Waals surface area contributed by atoms with Crippen LogP contribution in [0.1, 0.15) is 24.8 Å². The summed E-state index contributed by atoms with van der Waals surface area (Å²) >= 11 is 0. The second-order valence-corrected chi connectivity index (χ2v) is 4.96. The van der Waals surface area contributed by atoms with E-state index in [2.05, 4.69) is 0 Å². The van der Waals surface area contributed by atoms with Gasteiger partial charge in [-0.1, -0.05) is 48.6 Å². The van der Waals surface area contributed by atoms with Gasteiger partial charge in [0.25, 0.3) is 0 Å². The average Bonchev–Trinajstić information content (AvgIpc) is 2.53. The Morgan fingerprint density at radius 1 is 1.24 bits per heavy atom. The number of carbonyl (C=O) groups excluding carboxylic acids is 1. The highest BCUT2D eigenvalue weighted by molar-refractivity contribution is 5.93. The van der Waals surface area contributed by atoms with E-state index in [-0.39, 0.29) is 25.0 Å². The number of aliphatic carboxylic acids is 1. The molecule has 0 fully saturated rings. The molecule has 1 N–H and O–H groups in total. The van der Waals surface area contributed by atoms with Crippen molar-refractivity contribution in [3.05, 3.63) is 54.1 Å². The molecule has 1 aromatic rings. The highest BCUT2D eigenvalue weighted by atomic mass is 16.4. The smallest absolute Gasteiger partial charge is 0.303 e. The van der Waals surface area contributed by atoms with Crippen LogP contribution < -0.4 is 0 Å². The van der Waals surface area contributed by atoms with E-state index in [1.807, 2.05) is 42.5 Å². The van der Waals surface area contributed by atoms with Crippen LogP contribution in [0.5, 0.6) is 0 Å². The van der Waals surface area contributed by atoms with Gasteiger partial charge in [0.05, 0.1) is 12.5 Å². The number of rotatable bonds is 5. The quantitative estimate of drug-likeness (QED) is 0.900. The topological polar surface area (TPSA) is 78.2 Å². The average molecular weight is 281 g/mol. The Morgan fingerprint density at radius 3 is 2.48 bits per heavy atom. The molecule has 0 saturated heterocycles. The molecule has 0 aromatic heterocycles. The number of benzene rings is 1. The predicted molar refractivity (Wildman–Crippen MR) is 78.1 cm³/mol. The fraction of sp³-hybridized carbons (Fsp3) is 0.235. The largest absolute Gasteiger partial charge is 0.481 e. The van der Waals surface area contributed by atoms with E-state index in [9.17, 15) is 14.9 Å². The molecule has 0 spiro atoms. The van der Waals surface area contributed by atoms with Gasteiger partial charge in [0.2, 0.25) is 0 Å². The third-order valence-corrected chi connectivity index (χ3v) is 3.56. The summed E-state index contributed by atoms with van der Waals surface area (Å²) in [6.07, 6.45) is 5.13. The van der Waals surface area contributed by atoms with Crippen LogP contribution in [0, 0.1) is 16.7 Å². The van der Waals surface area contributed by atoms with E-state index in [1.165, 1.54) is 0 Å². The molecule has 1 aliphatic rings. The van der Waals surface area contributed by atoms with Gasteiger partial charge in [-0.05, 0) is 17.6 Å². The molecule has 1 aromatic carbocycles. The third-order valence-electron chi connectivity index (χ3n) is 3.56. The molecule has 1 aliphatic carbocycles. The molecule has 4 heteroatoms. The van der Waals surface area contributed by atoms with E-state index in [4.69, 9.17) is 5.11 Å². The van der Waals surface area contributed by atoms with Gasteiger partial charge in [-0.2, -0.15) is 5.26 Å². The molecule has 0 radical (unpaired) electrons. The lowest BCUT2D eigenvalue weighted by Crippen LogP contribution is -2.28. The van der Waals surface area contributed by atoms with Crippen LogP contribution >= 0.6 is 0 Å². The van der Waals surface area contributed by atoms with Gasteiger partial charge >= 0.3 is 5.97 Å². The van der Waals surface area contributed by atoms with Crippen LogP contribution in [0.25, 0.3) is 5.57 Å². The zero-order valence-electron chi connectivity index (χ0n) is 11.5. The Bertz CT molecular complexity index is 652. The van der Waals surface area contributed by atoms with Crippen LogP contribution in [0.3, 0.4) is 0 Å². The minimum Gasteiger partial charge on any atom is -0.481 e. The van der Waals surface area contributed by atoms with Crippen LogP contribution in [-0.2, 0) is 9.59 Å². The number of ketones is 1. The van der Waals surface area contributed by atoms with Gasteiger partial charge < -0.3 is 5.11 Å². The standard InChI is InChI=1S/C17H15NO3/c18-12-17(15(19)6-7-16(20)21)10-8-14(9-11-17)13-4-2-1-3-5-13/h1-5,8-10H,6-7,11H2,(H,20,21). The molecule has 21 heavy (non-hydrogen) atoms. The summed E-state index contributed by atoms with van der Waals surface area (Å²) in [6, 6.07) is 11.7. The Morgan fingerprint density at radius 2 is 1.95 bits per heavy atom. The second-order valence-electron chi connectivity index (χ2n) is 4.96. The minimum absolute atomic E-state index is 0.123. The van der Waals surface area contributed by atoms with E-state index in [1.54, 1.807) is 12.2 Å². The molecule has 0 aliphatic heterocycles. The normalized spacial score (nSPS) is 20.4. The molecule has 106 valence electrons. The van der Waals surface area contributed by atoms with Crippen LogP contribution in [0.15, 0.2) is 48.6 Å². The molecule has 1 atom stereocenters. The van der Waals surface area contributed by atoms with E-state index in [0.717, 1.165) is 11.1 Å². The van der Waals surface area contributed by atoms with Crippen molar-refractivity contribution in [2.75, 3.05) is 0 Å². The van der Waals surface area contributed by atoms with Crippen LogP contribution in [0.2, 0.25) is 0 Å². The van der Waals surface area contributed by atoms with E-state index in [0.29, 0.717) is 0 Å². The molecular formula is C17H15NO3. The first kappa shape index (κ1) is 14.7. The molecule has 0 saturated carbocycles. The molecule has 0 amide bonds. The van der Waals surface area contributed by atoms with Gasteiger partial charge in [0.15, 0.2) is 5.78 Å². The fourth-order valence-electron chi connectivity index (χ4n) is 2.28. The summed E-state index contributed by atoms with van der Waals surface area (Å²) < 4.78 is 0. The number of carboxylic acid groups (broad SMARTS) is 1. The zero-order valence-corrected chi connectivity index (χ0v) is 11.5. The van der Waals surface area contributed by atoms with Crippen LogP contribution in [-0.4, -0.2) is 16.9 Å². The Labute approximate surface area is 123 Å².